The van der Waals surface area contributed by atoms with Crippen molar-refractivity contribution in [2.75, 3.05) is 7.11 Å². The summed E-state index contributed by atoms with van der Waals surface area (Å²) in [6.45, 7) is 13.2. The van der Waals surface area contributed by atoms with E-state index in [1.165, 1.54) is 39.6 Å². The lowest BCUT2D eigenvalue weighted by atomic mass is 9.40. The van der Waals surface area contributed by atoms with E-state index in [0.29, 0.717) is 5.56 Å². The first-order valence-electron chi connectivity index (χ1n) is 18.3. The van der Waals surface area contributed by atoms with Gasteiger partial charge in [0.05, 0.1) is 19.6 Å². The van der Waals surface area contributed by atoms with Crippen LogP contribution >= 0.6 is 0 Å². The Hall–Kier alpha value is -4.95. The third-order valence-corrected chi connectivity index (χ3v) is 13.2. The summed E-state index contributed by atoms with van der Waals surface area (Å²) in [5.41, 5.74) is -6.93. The van der Waals surface area contributed by atoms with Crippen LogP contribution in [0.1, 0.15) is 99.7 Å². The Morgan fingerprint density at radius 1 is 0.909 bits per heavy atom. The van der Waals surface area contributed by atoms with Gasteiger partial charge in [-0.1, -0.05) is 26.8 Å². The van der Waals surface area contributed by atoms with Gasteiger partial charge in [0.2, 0.25) is 11.7 Å². The second-order valence-corrected chi connectivity index (χ2v) is 16.1. The number of fused-ring (bicyclic) bond motifs is 4. The lowest BCUT2D eigenvalue weighted by molar-refractivity contribution is -0.322. The van der Waals surface area contributed by atoms with Gasteiger partial charge in [-0.3, -0.25) is 24.0 Å². The maximum atomic E-state index is 14.2. The van der Waals surface area contributed by atoms with Gasteiger partial charge in [-0.25, -0.2) is 9.59 Å². The summed E-state index contributed by atoms with van der Waals surface area (Å²) in [5.74, 6) is -7.27. The van der Waals surface area contributed by atoms with Gasteiger partial charge in [0.1, 0.15) is 6.10 Å². The van der Waals surface area contributed by atoms with Gasteiger partial charge in [-0.15, -0.1) is 0 Å². The van der Waals surface area contributed by atoms with Crippen molar-refractivity contribution in [1.29, 1.82) is 0 Å². The predicted octanol–water partition coefficient (Wildman–Crippen LogP) is 4.56. The van der Waals surface area contributed by atoms with Crippen molar-refractivity contribution in [1.82, 2.24) is 0 Å². The quantitative estimate of drug-likeness (QED) is 0.147. The number of hydrogen-bond donors (Lipinski definition) is 0. The molecule has 298 valence electrons. The molecule has 11 atom stereocenters. The molecule has 1 aromatic rings. The molecule has 15 heteroatoms. The second kappa shape index (κ2) is 13.4. The molecule has 15 nitrogen and oxygen atoms in total. The molecule has 2 bridgehead atoms. The van der Waals surface area contributed by atoms with Crippen LogP contribution in [0.25, 0.3) is 0 Å². The third-order valence-electron chi connectivity index (χ3n) is 13.2. The largest absolute Gasteiger partial charge is 0.472 e. The molecule has 1 aromatic heterocycles. The van der Waals surface area contributed by atoms with Crippen molar-refractivity contribution in [3.05, 3.63) is 47.0 Å². The van der Waals surface area contributed by atoms with Gasteiger partial charge in [0.25, 0.3) is 0 Å². The molecule has 5 aliphatic rings. The number of carbonyl (C=O) groups excluding carboxylic acids is 7. The molecule has 3 saturated carbocycles. The number of carbonyl (C=O) groups is 7. The van der Waals surface area contributed by atoms with E-state index >= 15 is 0 Å². The maximum Gasteiger partial charge on any atom is 0.352 e. The molecule has 0 radical (unpaired) electrons. The summed E-state index contributed by atoms with van der Waals surface area (Å²) in [7, 11) is 1.24. The number of furan rings is 1. The van der Waals surface area contributed by atoms with E-state index in [2.05, 4.69) is 0 Å². The van der Waals surface area contributed by atoms with Crippen LogP contribution < -0.4 is 0 Å². The number of esters is 7. The highest BCUT2D eigenvalue weighted by Crippen LogP contribution is 2.83. The number of rotatable bonds is 9. The highest BCUT2D eigenvalue weighted by molar-refractivity contribution is 5.88. The molecule has 1 unspecified atom stereocenters. The van der Waals surface area contributed by atoms with E-state index < -0.39 is 105 Å². The number of ether oxygens (including phenoxy) is 7. The van der Waals surface area contributed by atoms with E-state index in [-0.39, 0.29) is 42.4 Å². The topological polar surface area (TPSA) is 197 Å². The van der Waals surface area contributed by atoms with Gasteiger partial charge in [0, 0.05) is 67.9 Å². The molecule has 1 saturated heterocycles. The first-order chi connectivity index (χ1) is 25.7. The monoisotopic (exact) mass is 768 g/mol. The lowest BCUT2D eigenvalue weighted by Crippen LogP contribution is -2.82. The smallest absolute Gasteiger partial charge is 0.352 e. The van der Waals surface area contributed by atoms with Gasteiger partial charge in [-0.2, -0.15) is 0 Å². The Kier molecular flexibility index (Phi) is 9.66. The van der Waals surface area contributed by atoms with Crippen molar-refractivity contribution in [2.45, 2.75) is 124 Å². The molecule has 6 rings (SSSR count). The fourth-order valence-electron chi connectivity index (χ4n) is 11.4. The second-order valence-electron chi connectivity index (χ2n) is 16.1. The Morgan fingerprint density at radius 2 is 1.56 bits per heavy atom. The van der Waals surface area contributed by atoms with Crippen LogP contribution in [0.4, 0.5) is 0 Å². The fourth-order valence-corrected chi connectivity index (χ4v) is 11.4. The van der Waals surface area contributed by atoms with Gasteiger partial charge in [0.15, 0.2) is 17.8 Å². The minimum atomic E-state index is -2.32. The first kappa shape index (κ1) is 39.7. The van der Waals surface area contributed by atoms with Crippen LogP contribution in [0, 0.1) is 28.1 Å². The van der Waals surface area contributed by atoms with Crippen LogP contribution in [0.3, 0.4) is 0 Å². The summed E-state index contributed by atoms with van der Waals surface area (Å²) in [5, 5.41) is 0. The van der Waals surface area contributed by atoms with E-state index in [0.717, 1.165) is 20.8 Å². The zero-order valence-corrected chi connectivity index (χ0v) is 32.7. The lowest BCUT2D eigenvalue weighted by Gasteiger charge is -2.69. The first-order valence-corrected chi connectivity index (χ1v) is 18.3. The van der Waals surface area contributed by atoms with E-state index in [9.17, 15) is 33.6 Å². The van der Waals surface area contributed by atoms with Crippen LogP contribution in [0.2, 0.25) is 0 Å². The van der Waals surface area contributed by atoms with Gasteiger partial charge >= 0.3 is 41.8 Å². The average Bonchev–Trinajstić information content (AvgIpc) is 3.75. The van der Waals surface area contributed by atoms with Crippen LogP contribution in [0.15, 0.2) is 45.8 Å². The molecule has 55 heavy (non-hydrogen) atoms. The molecule has 4 aliphatic carbocycles. The maximum absolute atomic E-state index is 14.2. The fraction of sp³-hybridized carbons (Fsp3) is 0.625. The number of hydrogen-bond acceptors (Lipinski definition) is 15. The highest BCUT2D eigenvalue weighted by Gasteiger charge is 2.94. The molecular weight excluding hydrogens is 720 g/mol. The van der Waals surface area contributed by atoms with Crippen LogP contribution in [-0.2, 0) is 66.7 Å². The molecule has 4 fully saturated rings. The normalized spacial score (nSPS) is 38.5. The van der Waals surface area contributed by atoms with E-state index in [1.54, 1.807) is 19.9 Å². The zero-order valence-electron chi connectivity index (χ0n) is 32.7. The number of allylic oxidation sites excluding steroid dienone is 1. The van der Waals surface area contributed by atoms with Crippen molar-refractivity contribution in [2.24, 2.45) is 28.1 Å². The Morgan fingerprint density at radius 3 is 2.11 bits per heavy atom. The zero-order chi connectivity index (χ0) is 40.6. The van der Waals surface area contributed by atoms with Crippen molar-refractivity contribution in [3.63, 3.8) is 0 Å². The van der Waals surface area contributed by atoms with Crippen LogP contribution in [-0.4, -0.2) is 78.4 Å². The SMILES string of the molecule is C/C=C(\C)C(=O)O[C@H]1[C@]2(C)C[C@@]3(OC(C)=O)[C@]1(OC(C)=O)[C@@H](OC(C)=O)C1=C4[C@@H](OC(C)=O)C(=O)O[C@@H](c5ccoc5)[C@]4(C)CCC1[C@@]3(C)[C@H]2CC(=O)OC. The molecule has 1 aliphatic heterocycles. The summed E-state index contributed by atoms with van der Waals surface area (Å²) in [6.07, 6.45) is -1.29. The summed E-state index contributed by atoms with van der Waals surface area (Å²) in [4.78, 5) is 94.9. The Balaban J connectivity index is 1.82. The van der Waals surface area contributed by atoms with Crippen molar-refractivity contribution >= 4 is 41.8 Å². The minimum absolute atomic E-state index is 0.0982. The molecule has 0 N–H and O–H groups in total. The molecule has 0 spiro atoms. The van der Waals surface area contributed by atoms with Crippen molar-refractivity contribution in [3.8, 4) is 0 Å². The number of methoxy groups -OCH3 is 1. The standard InChI is InChI=1S/C40H48O15/c1-11-19(2)33(46)53-35-37(8)18-39(54-22(5)43)38(9,26(37)16-27(45)48-10)25-12-14-36(7)29(28(25)32(51-21(4)42)40(35,39)55-23(6)44)30(50-20(3)41)34(47)52-31(36)24-13-15-49-17-24/h11,13,15,17,25-26,30-32,35H,12,14,16,18H2,1-10H3/b19-11+/t25?,26-,30+,31-,32-,35-,36+,37+,38-,39-,40-/m0/s1. The molecule has 2 heterocycles. The Labute approximate surface area is 318 Å². The molecular formula is C40H48O15. The van der Waals surface area contributed by atoms with Crippen molar-refractivity contribution < 1.29 is 71.1 Å². The average molecular weight is 769 g/mol. The number of cyclic esters (lactones) is 1. The minimum Gasteiger partial charge on any atom is -0.472 e. The molecule has 0 amide bonds. The summed E-state index contributed by atoms with van der Waals surface area (Å²) >= 11 is 0. The van der Waals surface area contributed by atoms with Gasteiger partial charge in [-0.05, 0) is 55.7 Å². The van der Waals surface area contributed by atoms with E-state index in [1.807, 2.05) is 13.8 Å². The van der Waals surface area contributed by atoms with Crippen LogP contribution in [0.5, 0.6) is 0 Å². The summed E-state index contributed by atoms with van der Waals surface area (Å²) < 4.78 is 48.1. The Bertz CT molecular complexity index is 1910. The predicted molar refractivity (Wildman–Crippen MR) is 186 cm³/mol. The third kappa shape index (κ3) is 5.38. The van der Waals surface area contributed by atoms with E-state index in [4.69, 9.17) is 37.6 Å². The van der Waals surface area contributed by atoms with Gasteiger partial charge < -0.3 is 37.6 Å². The molecule has 0 aromatic carbocycles. The highest BCUT2D eigenvalue weighted by atomic mass is 16.7. The summed E-state index contributed by atoms with van der Waals surface area (Å²) in [6, 6.07) is 1.64.